The molecule has 1 saturated heterocycles. The summed E-state index contributed by atoms with van der Waals surface area (Å²) in [6, 6.07) is 6.62. The number of rotatable bonds is 3. The van der Waals surface area contributed by atoms with Crippen molar-refractivity contribution < 1.29 is 14.4 Å². The van der Waals surface area contributed by atoms with E-state index in [1.165, 1.54) is 0 Å². The number of fused-ring (bicyclic) bond motifs is 1. The minimum Gasteiger partial charge on any atom is -0.324 e. The third-order valence-corrected chi connectivity index (χ3v) is 4.59. The molecule has 1 heterocycles. The number of likely N-dealkylation sites (tertiary alicyclic amines) is 1. The molecule has 23 heavy (non-hydrogen) atoms. The van der Waals surface area contributed by atoms with Crippen molar-refractivity contribution >= 4 is 23.4 Å². The molecule has 2 aliphatic rings. The van der Waals surface area contributed by atoms with E-state index in [2.05, 4.69) is 5.32 Å². The van der Waals surface area contributed by atoms with Gasteiger partial charge in [0, 0.05) is 5.69 Å². The summed E-state index contributed by atoms with van der Waals surface area (Å²) < 4.78 is 0. The van der Waals surface area contributed by atoms with Crippen molar-refractivity contribution in [3.05, 3.63) is 42.0 Å². The fraction of sp³-hybridized carbons (Fsp3) is 0.389. The van der Waals surface area contributed by atoms with Gasteiger partial charge in [-0.3, -0.25) is 19.3 Å². The molecule has 5 heteroatoms. The molecule has 1 aromatic rings. The lowest BCUT2D eigenvalue weighted by atomic mass is 9.85. The number of nitrogens with zero attached hydrogens (tertiary/aromatic N) is 1. The van der Waals surface area contributed by atoms with Crippen LogP contribution < -0.4 is 5.32 Å². The highest BCUT2D eigenvalue weighted by Gasteiger charge is 2.50. The Morgan fingerprint density at radius 1 is 1.17 bits per heavy atom. The Morgan fingerprint density at radius 2 is 1.78 bits per heavy atom. The number of benzene rings is 1. The highest BCUT2D eigenvalue weighted by molar-refractivity contribution is 6.10. The Hall–Kier alpha value is -2.43. The maximum atomic E-state index is 12.5. The molecule has 1 fully saturated rings. The largest absolute Gasteiger partial charge is 0.324 e. The van der Waals surface area contributed by atoms with E-state index in [4.69, 9.17) is 0 Å². The Bertz CT molecular complexity index is 669. The molecule has 120 valence electrons. The van der Waals surface area contributed by atoms with Crippen molar-refractivity contribution in [1.82, 2.24) is 4.90 Å². The molecule has 0 radical (unpaired) electrons. The first-order chi connectivity index (χ1) is 11.0. The van der Waals surface area contributed by atoms with E-state index in [0.717, 1.165) is 10.5 Å². The van der Waals surface area contributed by atoms with E-state index in [9.17, 15) is 14.4 Å². The average Bonchev–Trinajstić information content (AvgIpc) is 2.79. The predicted octanol–water partition coefficient (Wildman–Crippen LogP) is 2.27. The fourth-order valence-electron chi connectivity index (χ4n) is 3.29. The van der Waals surface area contributed by atoms with Crippen molar-refractivity contribution in [1.29, 1.82) is 0 Å². The van der Waals surface area contributed by atoms with Crippen LogP contribution in [0.1, 0.15) is 25.3 Å². The van der Waals surface area contributed by atoms with Crippen LogP contribution in [0.25, 0.3) is 0 Å². The van der Waals surface area contributed by atoms with E-state index in [1.807, 2.05) is 37.3 Å². The molecule has 0 saturated carbocycles. The highest BCUT2D eigenvalue weighted by Crippen LogP contribution is 2.36. The molecule has 1 aliphatic carbocycles. The Labute approximate surface area is 135 Å². The molecule has 1 N–H and O–H groups in total. The van der Waals surface area contributed by atoms with Crippen LogP contribution in [0.4, 0.5) is 5.69 Å². The molecule has 0 spiro atoms. The van der Waals surface area contributed by atoms with Crippen LogP contribution >= 0.6 is 0 Å². The minimum atomic E-state index is -0.805. The van der Waals surface area contributed by atoms with Crippen LogP contribution in [0.5, 0.6) is 0 Å². The van der Waals surface area contributed by atoms with Gasteiger partial charge in [0.05, 0.1) is 11.8 Å². The molecule has 3 rings (SSSR count). The molecule has 5 nitrogen and oxygen atoms in total. The zero-order chi connectivity index (χ0) is 16.6. The first-order valence-electron chi connectivity index (χ1n) is 7.88. The Morgan fingerprint density at radius 3 is 2.35 bits per heavy atom. The summed E-state index contributed by atoms with van der Waals surface area (Å²) >= 11 is 0. The summed E-state index contributed by atoms with van der Waals surface area (Å²) in [6.07, 6.45) is 5.04. The standard InChI is InChI=1S/C18H20N2O3/c1-11-6-5-7-13(10-11)19-16(21)12(2)20-17(22)14-8-3-4-9-15(14)18(20)23/h3-7,10,12,14-15H,8-9H2,1-2H3,(H,19,21)/t12-,14-,15-/m0/s1. The number of carbonyl (C=O) groups excluding carboxylic acids is 3. The van der Waals surface area contributed by atoms with Gasteiger partial charge in [-0.2, -0.15) is 0 Å². The Balaban J connectivity index is 1.75. The third kappa shape index (κ3) is 2.79. The lowest BCUT2D eigenvalue weighted by Crippen LogP contribution is -2.46. The van der Waals surface area contributed by atoms with Crippen LogP contribution in [0, 0.1) is 18.8 Å². The topological polar surface area (TPSA) is 66.5 Å². The van der Waals surface area contributed by atoms with Gasteiger partial charge in [0.2, 0.25) is 17.7 Å². The van der Waals surface area contributed by atoms with Crippen LogP contribution in [-0.2, 0) is 14.4 Å². The second-order valence-corrected chi connectivity index (χ2v) is 6.24. The average molecular weight is 312 g/mol. The second kappa shape index (κ2) is 5.99. The summed E-state index contributed by atoms with van der Waals surface area (Å²) in [6.45, 7) is 3.54. The normalized spacial score (nSPS) is 24.5. The molecule has 1 aliphatic heterocycles. The summed E-state index contributed by atoms with van der Waals surface area (Å²) in [5.74, 6) is -1.40. The van der Waals surface area contributed by atoms with Gasteiger partial charge in [0.1, 0.15) is 6.04 Å². The van der Waals surface area contributed by atoms with Crippen molar-refractivity contribution in [2.24, 2.45) is 11.8 Å². The number of anilines is 1. The van der Waals surface area contributed by atoms with Gasteiger partial charge in [0.15, 0.2) is 0 Å². The van der Waals surface area contributed by atoms with Crippen LogP contribution in [0.3, 0.4) is 0 Å². The fourth-order valence-corrected chi connectivity index (χ4v) is 3.29. The van der Waals surface area contributed by atoms with Gasteiger partial charge in [-0.1, -0.05) is 24.3 Å². The molecule has 0 unspecified atom stereocenters. The van der Waals surface area contributed by atoms with E-state index < -0.39 is 6.04 Å². The SMILES string of the molecule is Cc1cccc(NC(=O)[C@H](C)N2C(=O)[C@H]3CC=CC[C@@H]3C2=O)c1. The molecule has 0 aromatic heterocycles. The lowest BCUT2D eigenvalue weighted by molar-refractivity contribution is -0.146. The van der Waals surface area contributed by atoms with E-state index in [1.54, 1.807) is 13.0 Å². The first kappa shape index (κ1) is 15.5. The van der Waals surface area contributed by atoms with E-state index >= 15 is 0 Å². The Kier molecular flexibility index (Phi) is 4.03. The van der Waals surface area contributed by atoms with Crippen LogP contribution in [0.15, 0.2) is 36.4 Å². The second-order valence-electron chi connectivity index (χ2n) is 6.24. The molecular weight excluding hydrogens is 292 g/mol. The van der Waals surface area contributed by atoms with Crippen molar-refractivity contribution in [2.75, 3.05) is 5.32 Å². The number of aryl methyl sites for hydroxylation is 1. The monoisotopic (exact) mass is 312 g/mol. The zero-order valence-corrected chi connectivity index (χ0v) is 13.3. The molecular formula is C18H20N2O3. The quantitative estimate of drug-likeness (QED) is 0.688. The van der Waals surface area contributed by atoms with E-state index in [0.29, 0.717) is 18.5 Å². The predicted molar refractivity (Wildman–Crippen MR) is 86.5 cm³/mol. The lowest BCUT2D eigenvalue weighted by Gasteiger charge is -2.22. The van der Waals surface area contributed by atoms with Gasteiger partial charge in [-0.25, -0.2) is 0 Å². The summed E-state index contributed by atoms with van der Waals surface area (Å²) in [4.78, 5) is 38.6. The minimum absolute atomic E-state index is 0.226. The molecule has 1 aromatic carbocycles. The molecule has 3 amide bonds. The number of hydrogen-bond acceptors (Lipinski definition) is 3. The van der Waals surface area contributed by atoms with Gasteiger partial charge in [-0.15, -0.1) is 0 Å². The van der Waals surface area contributed by atoms with Gasteiger partial charge >= 0.3 is 0 Å². The van der Waals surface area contributed by atoms with Gasteiger partial charge in [0.25, 0.3) is 0 Å². The maximum absolute atomic E-state index is 12.5. The van der Waals surface area contributed by atoms with Gasteiger partial charge in [-0.05, 0) is 44.4 Å². The highest BCUT2D eigenvalue weighted by atomic mass is 16.2. The van der Waals surface area contributed by atoms with Crippen molar-refractivity contribution in [2.45, 2.75) is 32.7 Å². The molecule has 0 bridgehead atoms. The number of carbonyl (C=O) groups is 3. The van der Waals surface area contributed by atoms with Crippen molar-refractivity contribution in [3.8, 4) is 0 Å². The van der Waals surface area contributed by atoms with Crippen molar-refractivity contribution in [3.63, 3.8) is 0 Å². The zero-order valence-electron chi connectivity index (χ0n) is 13.3. The van der Waals surface area contributed by atoms with E-state index in [-0.39, 0.29) is 29.6 Å². The molecule has 3 atom stereocenters. The summed E-state index contributed by atoms with van der Waals surface area (Å²) in [5.41, 5.74) is 1.70. The smallest absolute Gasteiger partial charge is 0.247 e. The number of amides is 3. The summed E-state index contributed by atoms with van der Waals surface area (Å²) in [7, 11) is 0. The number of nitrogens with one attached hydrogen (secondary N) is 1. The van der Waals surface area contributed by atoms with Gasteiger partial charge < -0.3 is 5.32 Å². The number of allylic oxidation sites excluding steroid dienone is 2. The summed E-state index contributed by atoms with van der Waals surface area (Å²) in [5, 5.41) is 2.78. The van der Waals surface area contributed by atoms with Crippen LogP contribution in [0.2, 0.25) is 0 Å². The van der Waals surface area contributed by atoms with Crippen LogP contribution in [-0.4, -0.2) is 28.7 Å². The first-order valence-corrected chi connectivity index (χ1v) is 7.88. The number of imide groups is 1. The number of hydrogen-bond donors (Lipinski definition) is 1. The third-order valence-electron chi connectivity index (χ3n) is 4.59. The maximum Gasteiger partial charge on any atom is 0.247 e.